The van der Waals surface area contributed by atoms with E-state index in [-0.39, 0.29) is 5.41 Å². The van der Waals surface area contributed by atoms with E-state index in [1.54, 1.807) is 0 Å². The minimum Gasteiger partial charge on any atom is -0.313 e. The van der Waals surface area contributed by atoms with Crippen molar-refractivity contribution in [1.82, 2.24) is 25.1 Å². The molecule has 0 amide bonds. The lowest BCUT2D eigenvalue weighted by molar-refractivity contribution is 0.563. The highest BCUT2D eigenvalue weighted by Crippen LogP contribution is 2.23. The molecular formula is C16H25N5. The molecule has 1 N–H and O–H groups in total. The van der Waals surface area contributed by atoms with Crippen molar-refractivity contribution in [1.29, 1.82) is 0 Å². The summed E-state index contributed by atoms with van der Waals surface area (Å²) in [6, 6.07) is 4.25. The Balaban J connectivity index is 2.51. The second-order valence-corrected chi connectivity index (χ2v) is 6.37. The molecule has 0 aliphatic carbocycles. The fourth-order valence-electron chi connectivity index (χ4n) is 2.17. The Labute approximate surface area is 126 Å². The van der Waals surface area contributed by atoms with Crippen molar-refractivity contribution in [2.24, 2.45) is 0 Å². The van der Waals surface area contributed by atoms with Gasteiger partial charge in [-0.15, -0.1) is 5.10 Å². The van der Waals surface area contributed by atoms with Crippen LogP contribution in [0, 0.1) is 13.8 Å². The molecule has 114 valence electrons. The average Bonchev–Trinajstić information content (AvgIpc) is 2.74. The number of hydrogen-bond acceptors (Lipinski definition) is 4. The summed E-state index contributed by atoms with van der Waals surface area (Å²) in [7, 11) is 0. The van der Waals surface area contributed by atoms with E-state index >= 15 is 0 Å². The zero-order valence-corrected chi connectivity index (χ0v) is 13.9. The number of aryl methyl sites for hydroxylation is 2. The van der Waals surface area contributed by atoms with Gasteiger partial charge >= 0.3 is 0 Å². The highest BCUT2D eigenvalue weighted by Gasteiger charge is 2.18. The van der Waals surface area contributed by atoms with Crippen LogP contribution < -0.4 is 5.32 Å². The van der Waals surface area contributed by atoms with Crippen molar-refractivity contribution in [3.63, 3.8) is 0 Å². The third kappa shape index (κ3) is 3.67. The van der Waals surface area contributed by atoms with E-state index in [9.17, 15) is 0 Å². The van der Waals surface area contributed by atoms with Gasteiger partial charge in [0, 0.05) is 17.7 Å². The Hall–Kier alpha value is -1.75. The molecule has 2 aromatic heterocycles. The van der Waals surface area contributed by atoms with Crippen LogP contribution in [0.15, 0.2) is 12.1 Å². The lowest BCUT2D eigenvalue weighted by Crippen LogP contribution is -2.18. The maximum absolute atomic E-state index is 4.79. The van der Waals surface area contributed by atoms with E-state index in [0.29, 0.717) is 0 Å². The van der Waals surface area contributed by atoms with Crippen LogP contribution in [0.4, 0.5) is 0 Å². The molecular weight excluding hydrogens is 262 g/mol. The summed E-state index contributed by atoms with van der Waals surface area (Å²) in [5, 5.41) is 7.82. The molecule has 0 radical (unpaired) electrons. The van der Waals surface area contributed by atoms with E-state index in [4.69, 9.17) is 4.98 Å². The van der Waals surface area contributed by atoms with Crippen LogP contribution in [0.2, 0.25) is 0 Å². The van der Waals surface area contributed by atoms with Crippen molar-refractivity contribution >= 4 is 0 Å². The van der Waals surface area contributed by atoms with Crippen LogP contribution >= 0.6 is 0 Å². The fraction of sp³-hybridized carbons (Fsp3) is 0.562. The standard InChI is InChI=1S/C16H25N5/c1-7-17-10-13-8-14(16(4,5)6)19-15(9-13)21-12(3)18-11(2)20-21/h8-9,17H,7,10H2,1-6H3. The van der Waals surface area contributed by atoms with Crippen LogP contribution in [0.5, 0.6) is 0 Å². The molecule has 2 heterocycles. The van der Waals surface area contributed by atoms with E-state index in [1.807, 2.05) is 18.5 Å². The topological polar surface area (TPSA) is 55.6 Å². The normalized spacial score (nSPS) is 11.9. The molecule has 0 fully saturated rings. The Morgan fingerprint density at radius 1 is 1.14 bits per heavy atom. The molecule has 5 heteroatoms. The van der Waals surface area contributed by atoms with Gasteiger partial charge in [-0.1, -0.05) is 27.7 Å². The minimum absolute atomic E-state index is 0.000501. The molecule has 0 aliphatic rings. The highest BCUT2D eigenvalue weighted by atomic mass is 15.4. The summed E-state index contributed by atoms with van der Waals surface area (Å²) in [5.41, 5.74) is 2.29. The monoisotopic (exact) mass is 287 g/mol. The molecule has 21 heavy (non-hydrogen) atoms. The van der Waals surface area contributed by atoms with Crippen molar-refractivity contribution in [2.45, 2.75) is 53.5 Å². The first-order chi connectivity index (χ1) is 9.81. The quantitative estimate of drug-likeness (QED) is 0.939. The van der Waals surface area contributed by atoms with Gasteiger partial charge in [-0.25, -0.2) is 9.97 Å². The average molecular weight is 287 g/mol. The second-order valence-electron chi connectivity index (χ2n) is 6.37. The van der Waals surface area contributed by atoms with Gasteiger partial charge in [0.05, 0.1) is 0 Å². The summed E-state index contributed by atoms with van der Waals surface area (Å²) < 4.78 is 1.82. The predicted molar refractivity (Wildman–Crippen MR) is 84.7 cm³/mol. The molecule has 0 saturated carbocycles. The van der Waals surface area contributed by atoms with Crippen LogP contribution in [0.3, 0.4) is 0 Å². The first-order valence-corrected chi connectivity index (χ1v) is 7.44. The van der Waals surface area contributed by atoms with E-state index < -0.39 is 0 Å². The van der Waals surface area contributed by atoms with Gasteiger partial charge in [-0.2, -0.15) is 4.68 Å². The van der Waals surface area contributed by atoms with Crippen molar-refractivity contribution in [3.8, 4) is 5.82 Å². The number of nitrogens with one attached hydrogen (secondary N) is 1. The van der Waals surface area contributed by atoms with Gasteiger partial charge in [-0.3, -0.25) is 0 Å². The molecule has 0 saturated heterocycles. The van der Waals surface area contributed by atoms with Crippen molar-refractivity contribution < 1.29 is 0 Å². The molecule has 0 aromatic carbocycles. The number of pyridine rings is 1. The zero-order chi connectivity index (χ0) is 15.6. The van der Waals surface area contributed by atoms with E-state index in [0.717, 1.165) is 36.3 Å². The van der Waals surface area contributed by atoms with Gasteiger partial charge in [0.2, 0.25) is 0 Å². The Bertz CT molecular complexity index is 622. The van der Waals surface area contributed by atoms with Crippen LogP contribution in [0.1, 0.15) is 50.6 Å². The fourth-order valence-corrected chi connectivity index (χ4v) is 2.17. The van der Waals surface area contributed by atoms with Crippen molar-refractivity contribution in [3.05, 3.63) is 35.0 Å². The number of aromatic nitrogens is 4. The molecule has 0 atom stereocenters. The summed E-state index contributed by atoms with van der Waals surface area (Å²) in [4.78, 5) is 9.16. The minimum atomic E-state index is 0.000501. The third-order valence-corrected chi connectivity index (χ3v) is 3.31. The van der Waals surface area contributed by atoms with Gasteiger partial charge in [-0.05, 0) is 38.1 Å². The van der Waals surface area contributed by atoms with E-state index in [2.05, 4.69) is 55.2 Å². The molecule has 2 rings (SSSR count). The smallest absolute Gasteiger partial charge is 0.156 e. The summed E-state index contributed by atoms with van der Waals surface area (Å²) in [6.45, 7) is 14.3. The zero-order valence-electron chi connectivity index (χ0n) is 13.9. The van der Waals surface area contributed by atoms with Gasteiger partial charge in [0.25, 0.3) is 0 Å². The Morgan fingerprint density at radius 3 is 2.38 bits per heavy atom. The Kier molecular flexibility index (Phi) is 4.42. The molecule has 2 aromatic rings. The number of nitrogens with zero attached hydrogens (tertiary/aromatic N) is 4. The maximum Gasteiger partial charge on any atom is 0.156 e. The summed E-state index contributed by atoms with van der Waals surface area (Å²) in [6.07, 6.45) is 0. The van der Waals surface area contributed by atoms with Crippen LogP contribution in [0.25, 0.3) is 5.82 Å². The molecule has 0 bridgehead atoms. The second kappa shape index (κ2) is 5.93. The molecule has 5 nitrogen and oxygen atoms in total. The van der Waals surface area contributed by atoms with Crippen LogP contribution in [-0.4, -0.2) is 26.3 Å². The largest absolute Gasteiger partial charge is 0.313 e. The van der Waals surface area contributed by atoms with Crippen LogP contribution in [-0.2, 0) is 12.0 Å². The third-order valence-electron chi connectivity index (χ3n) is 3.31. The maximum atomic E-state index is 4.79. The Morgan fingerprint density at radius 2 is 1.86 bits per heavy atom. The molecule has 0 spiro atoms. The van der Waals surface area contributed by atoms with Gasteiger partial charge < -0.3 is 5.32 Å². The molecule has 0 aliphatic heterocycles. The predicted octanol–water partition coefficient (Wildman–Crippen LogP) is 2.69. The molecule has 0 unspecified atom stereocenters. The lowest BCUT2D eigenvalue weighted by Gasteiger charge is -2.20. The summed E-state index contributed by atoms with van der Waals surface area (Å²) in [5.74, 6) is 2.47. The highest BCUT2D eigenvalue weighted by molar-refractivity contribution is 5.33. The van der Waals surface area contributed by atoms with E-state index in [1.165, 1.54) is 5.56 Å². The lowest BCUT2D eigenvalue weighted by atomic mass is 9.90. The SMILES string of the molecule is CCNCc1cc(-n2nc(C)nc2C)nc(C(C)(C)C)c1. The number of rotatable bonds is 4. The summed E-state index contributed by atoms with van der Waals surface area (Å²) >= 11 is 0. The van der Waals surface area contributed by atoms with Gasteiger partial charge in [0.1, 0.15) is 11.6 Å². The van der Waals surface area contributed by atoms with Crippen molar-refractivity contribution in [2.75, 3.05) is 6.54 Å². The number of hydrogen-bond donors (Lipinski definition) is 1. The first-order valence-electron chi connectivity index (χ1n) is 7.44. The van der Waals surface area contributed by atoms with Gasteiger partial charge in [0.15, 0.2) is 5.82 Å². The first kappa shape index (κ1) is 15.6.